The molecule has 0 aromatic heterocycles. The third kappa shape index (κ3) is 6.14. The van der Waals surface area contributed by atoms with Gasteiger partial charge in [-0.1, -0.05) is 41.4 Å². The van der Waals surface area contributed by atoms with E-state index < -0.39 is 35.7 Å². The summed E-state index contributed by atoms with van der Waals surface area (Å²) >= 11 is 12.3. The molecular weight excluding hydrogens is 457 g/mol. The Balaban J connectivity index is 1.57. The van der Waals surface area contributed by atoms with E-state index in [2.05, 4.69) is 5.32 Å². The second-order valence-corrected chi connectivity index (χ2v) is 8.60. The Hall–Kier alpha value is -2.77. The maximum Gasteiger partial charge on any atom is 0.326 e. The summed E-state index contributed by atoms with van der Waals surface area (Å²) in [6.45, 7) is 0.185. The van der Waals surface area contributed by atoms with Gasteiger partial charge in [0.05, 0.1) is 5.92 Å². The summed E-state index contributed by atoms with van der Waals surface area (Å²) < 4.78 is 5.72. The zero-order valence-electron chi connectivity index (χ0n) is 17.1. The van der Waals surface area contributed by atoms with Crippen LogP contribution in [0.15, 0.2) is 42.5 Å². The lowest BCUT2D eigenvalue weighted by atomic mass is 10.0. The van der Waals surface area contributed by atoms with Crippen LogP contribution in [0, 0.1) is 11.8 Å². The first-order valence-corrected chi connectivity index (χ1v) is 10.9. The lowest BCUT2D eigenvalue weighted by molar-refractivity contribution is -0.143. The number of ether oxygens (including phenoxy) is 1. The van der Waals surface area contributed by atoms with Gasteiger partial charge >= 0.3 is 11.9 Å². The molecule has 0 bridgehead atoms. The molecule has 0 saturated heterocycles. The molecule has 1 amide bonds. The second kappa shape index (κ2) is 10.7. The number of carbonyl (C=O) groups excluding carboxylic acids is 1. The molecule has 0 spiro atoms. The first-order chi connectivity index (χ1) is 15.2. The molecule has 7 nitrogen and oxygen atoms in total. The first kappa shape index (κ1) is 23.9. The standard InChI is InChI=1S/C23H23Cl2NO6/c24-18-2-1-3-19(25)17(18)12-32-16-8-4-13(5-9-16)10-20(23(30)31)26-21(27)14-6-7-15(11-14)22(28)29/h1-5,8-9,14-15,20H,6-7,10-12H2,(H,26,27)(H,28,29)(H,30,31). The highest BCUT2D eigenvalue weighted by atomic mass is 35.5. The minimum Gasteiger partial charge on any atom is -0.489 e. The minimum atomic E-state index is -1.15. The van der Waals surface area contributed by atoms with Gasteiger partial charge in [-0.25, -0.2) is 4.79 Å². The van der Waals surface area contributed by atoms with Crippen molar-refractivity contribution in [2.75, 3.05) is 0 Å². The Labute approximate surface area is 195 Å². The van der Waals surface area contributed by atoms with Crippen LogP contribution in [-0.2, 0) is 27.4 Å². The molecule has 3 atom stereocenters. The van der Waals surface area contributed by atoms with E-state index in [1.54, 1.807) is 42.5 Å². The molecule has 2 aromatic rings. The van der Waals surface area contributed by atoms with E-state index in [0.29, 0.717) is 39.8 Å². The summed E-state index contributed by atoms with van der Waals surface area (Å²) in [4.78, 5) is 35.2. The fourth-order valence-electron chi connectivity index (χ4n) is 3.72. The third-order valence-corrected chi connectivity index (χ3v) is 6.28. The molecule has 0 heterocycles. The summed E-state index contributed by atoms with van der Waals surface area (Å²) in [5.41, 5.74) is 1.38. The SMILES string of the molecule is O=C(O)C1CCC(C(=O)NC(Cc2ccc(OCc3c(Cl)cccc3Cl)cc2)C(=O)O)C1. The lowest BCUT2D eigenvalue weighted by Gasteiger charge is -2.18. The number of benzene rings is 2. The summed E-state index contributed by atoms with van der Waals surface area (Å²) in [5.74, 6) is -2.97. The van der Waals surface area contributed by atoms with Crippen molar-refractivity contribution in [3.05, 3.63) is 63.6 Å². The van der Waals surface area contributed by atoms with E-state index in [4.69, 9.17) is 33.0 Å². The molecule has 1 fully saturated rings. The fraction of sp³-hybridized carbons (Fsp3) is 0.348. The van der Waals surface area contributed by atoms with E-state index in [-0.39, 0.29) is 19.4 Å². The summed E-state index contributed by atoms with van der Waals surface area (Å²) in [5, 5.41) is 22.2. The van der Waals surface area contributed by atoms with Crippen molar-refractivity contribution in [2.45, 2.75) is 38.3 Å². The predicted molar refractivity (Wildman–Crippen MR) is 119 cm³/mol. The first-order valence-electron chi connectivity index (χ1n) is 10.1. The Morgan fingerprint density at radius 2 is 1.62 bits per heavy atom. The number of amides is 1. The van der Waals surface area contributed by atoms with Crippen molar-refractivity contribution >= 4 is 41.0 Å². The van der Waals surface area contributed by atoms with E-state index in [1.807, 2.05) is 0 Å². The number of rotatable bonds is 9. The number of carboxylic acids is 2. The average molecular weight is 480 g/mol. The highest BCUT2D eigenvalue weighted by molar-refractivity contribution is 6.35. The van der Waals surface area contributed by atoms with Gasteiger partial charge in [-0.2, -0.15) is 0 Å². The fourth-order valence-corrected chi connectivity index (χ4v) is 4.22. The molecule has 0 aliphatic heterocycles. The molecule has 32 heavy (non-hydrogen) atoms. The largest absolute Gasteiger partial charge is 0.489 e. The van der Waals surface area contributed by atoms with Crippen LogP contribution in [-0.4, -0.2) is 34.1 Å². The van der Waals surface area contributed by atoms with E-state index >= 15 is 0 Å². The molecule has 2 aromatic carbocycles. The van der Waals surface area contributed by atoms with Gasteiger partial charge in [-0.3, -0.25) is 9.59 Å². The molecule has 1 aliphatic carbocycles. The van der Waals surface area contributed by atoms with Crippen LogP contribution in [0.2, 0.25) is 10.0 Å². The zero-order valence-corrected chi connectivity index (χ0v) is 18.6. The molecule has 0 radical (unpaired) electrons. The van der Waals surface area contributed by atoms with Crippen LogP contribution in [0.1, 0.15) is 30.4 Å². The van der Waals surface area contributed by atoms with Gasteiger partial charge in [-0.15, -0.1) is 0 Å². The molecular formula is C23H23Cl2NO6. The summed E-state index contributed by atoms with van der Waals surface area (Å²) in [6, 6.07) is 10.9. The summed E-state index contributed by atoms with van der Waals surface area (Å²) in [6.07, 6.45) is 1.18. The van der Waals surface area contributed by atoms with Gasteiger partial charge in [0.2, 0.25) is 5.91 Å². The van der Waals surface area contributed by atoms with E-state index in [9.17, 15) is 19.5 Å². The quantitative estimate of drug-likeness (QED) is 0.496. The lowest BCUT2D eigenvalue weighted by Crippen LogP contribution is -2.44. The van der Waals surface area contributed by atoms with Crippen LogP contribution < -0.4 is 10.1 Å². The van der Waals surface area contributed by atoms with Gasteiger partial charge < -0.3 is 20.3 Å². The van der Waals surface area contributed by atoms with E-state index in [1.165, 1.54) is 0 Å². The van der Waals surface area contributed by atoms with Gasteiger partial charge in [0.25, 0.3) is 0 Å². The molecule has 3 unspecified atom stereocenters. The Bertz CT molecular complexity index is 974. The Kier molecular flexibility index (Phi) is 7.99. The van der Waals surface area contributed by atoms with Crippen molar-refractivity contribution in [3.8, 4) is 5.75 Å². The zero-order chi connectivity index (χ0) is 23.3. The number of halogens is 2. The third-order valence-electron chi connectivity index (χ3n) is 5.58. The predicted octanol–water partition coefficient (Wildman–Crippen LogP) is 4.19. The Morgan fingerprint density at radius 1 is 1.00 bits per heavy atom. The van der Waals surface area contributed by atoms with Crippen LogP contribution in [0.25, 0.3) is 0 Å². The van der Waals surface area contributed by atoms with Crippen molar-refractivity contribution < 1.29 is 29.3 Å². The number of hydrogen-bond donors (Lipinski definition) is 3. The highest BCUT2D eigenvalue weighted by Gasteiger charge is 2.35. The number of carboxylic acid groups (broad SMARTS) is 2. The van der Waals surface area contributed by atoms with Gasteiger partial charge in [0.1, 0.15) is 18.4 Å². The molecule has 9 heteroatoms. The molecule has 3 rings (SSSR count). The monoisotopic (exact) mass is 479 g/mol. The number of hydrogen-bond acceptors (Lipinski definition) is 4. The molecule has 1 aliphatic rings. The number of nitrogens with one attached hydrogen (secondary N) is 1. The topological polar surface area (TPSA) is 113 Å². The van der Waals surface area contributed by atoms with Gasteiger partial charge in [0, 0.05) is 27.9 Å². The van der Waals surface area contributed by atoms with Crippen LogP contribution >= 0.6 is 23.2 Å². The average Bonchev–Trinajstić information content (AvgIpc) is 3.25. The molecule has 170 valence electrons. The van der Waals surface area contributed by atoms with Crippen LogP contribution in [0.5, 0.6) is 5.75 Å². The van der Waals surface area contributed by atoms with Crippen molar-refractivity contribution in [2.24, 2.45) is 11.8 Å². The van der Waals surface area contributed by atoms with Crippen LogP contribution in [0.4, 0.5) is 0 Å². The summed E-state index contributed by atoms with van der Waals surface area (Å²) in [7, 11) is 0. The van der Waals surface area contributed by atoms with Crippen molar-refractivity contribution in [1.82, 2.24) is 5.32 Å². The number of aliphatic carboxylic acids is 2. The van der Waals surface area contributed by atoms with Gasteiger partial charge in [0.15, 0.2) is 0 Å². The van der Waals surface area contributed by atoms with Crippen LogP contribution in [0.3, 0.4) is 0 Å². The number of carbonyl (C=O) groups is 3. The second-order valence-electron chi connectivity index (χ2n) is 7.78. The maximum atomic E-state index is 12.4. The molecule has 3 N–H and O–H groups in total. The van der Waals surface area contributed by atoms with Crippen molar-refractivity contribution in [1.29, 1.82) is 0 Å². The molecule has 1 saturated carbocycles. The normalized spacial score (nSPS) is 18.7. The maximum absolute atomic E-state index is 12.4. The van der Waals surface area contributed by atoms with E-state index in [0.717, 1.165) is 0 Å². The Morgan fingerprint density at radius 3 is 2.19 bits per heavy atom. The van der Waals surface area contributed by atoms with Gasteiger partial charge in [-0.05, 0) is 49.1 Å². The highest BCUT2D eigenvalue weighted by Crippen LogP contribution is 2.31. The minimum absolute atomic E-state index is 0.0901. The van der Waals surface area contributed by atoms with Crippen molar-refractivity contribution in [3.63, 3.8) is 0 Å². The smallest absolute Gasteiger partial charge is 0.326 e.